The van der Waals surface area contributed by atoms with Crippen molar-refractivity contribution in [3.8, 4) is 0 Å². The largest absolute Gasteiger partial charge is 0.445 e. The van der Waals surface area contributed by atoms with Crippen LogP contribution in [0.4, 0.5) is 18.3 Å². The van der Waals surface area contributed by atoms with Crippen molar-refractivity contribution in [2.24, 2.45) is 0 Å². The minimum atomic E-state index is -4.58. The molecule has 4 atom stereocenters. The van der Waals surface area contributed by atoms with E-state index in [0.29, 0.717) is 0 Å². The van der Waals surface area contributed by atoms with Crippen LogP contribution in [0.5, 0.6) is 0 Å². The molecule has 1 saturated heterocycles. The molecular formula is C9H12F3N3O4S. The van der Waals surface area contributed by atoms with E-state index in [-0.39, 0.29) is 23.1 Å². The number of hydrogen-bond acceptors (Lipinski definition) is 8. The van der Waals surface area contributed by atoms with Crippen LogP contribution in [0.2, 0.25) is 0 Å². The summed E-state index contributed by atoms with van der Waals surface area (Å²) in [7, 11) is 0. The topological polar surface area (TPSA) is 108 Å². The van der Waals surface area contributed by atoms with Gasteiger partial charge in [-0.3, -0.25) is 0 Å². The average Bonchev–Trinajstić information content (AvgIpc) is 2.84. The number of anilines is 1. The summed E-state index contributed by atoms with van der Waals surface area (Å²) >= 11 is 0.287. The molecule has 20 heavy (non-hydrogen) atoms. The third-order valence-electron chi connectivity index (χ3n) is 2.79. The van der Waals surface area contributed by atoms with Gasteiger partial charge in [0.25, 0.3) is 0 Å². The number of halogens is 3. The molecule has 4 N–H and O–H groups in total. The first-order valence-corrected chi connectivity index (χ1v) is 6.40. The zero-order chi connectivity index (χ0) is 14.9. The van der Waals surface area contributed by atoms with Crippen molar-refractivity contribution >= 4 is 16.5 Å². The Morgan fingerprint density at radius 1 is 1.30 bits per heavy atom. The van der Waals surface area contributed by atoms with Crippen LogP contribution in [0.15, 0.2) is 0 Å². The van der Waals surface area contributed by atoms with E-state index < -0.39 is 42.1 Å². The normalized spacial score (nSPS) is 31.3. The van der Waals surface area contributed by atoms with Gasteiger partial charge in [-0.25, -0.2) is 0 Å². The Bertz CT molecular complexity index is 458. The Labute approximate surface area is 115 Å². The van der Waals surface area contributed by atoms with Crippen LogP contribution in [-0.2, 0) is 10.9 Å². The highest BCUT2D eigenvalue weighted by Gasteiger charge is 2.39. The Hall–Kier alpha value is -1.01. The second-order valence-electron chi connectivity index (χ2n) is 4.20. The predicted molar refractivity (Wildman–Crippen MR) is 61.2 cm³/mol. The smallest absolute Gasteiger partial charge is 0.394 e. The van der Waals surface area contributed by atoms with E-state index >= 15 is 0 Å². The third kappa shape index (κ3) is 3.17. The van der Waals surface area contributed by atoms with Gasteiger partial charge in [-0.2, -0.15) is 13.2 Å². The van der Waals surface area contributed by atoms with Gasteiger partial charge in [-0.05, 0) is 0 Å². The molecule has 7 nitrogen and oxygen atoms in total. The molecule has 0 bridgehead atoms. The summed E-state index contributed by atoms with van der Waals surface area (Å²) in [6.45, 7) is -0.563. The second-order valence-corrected chi connectivity index (χ2v) is 5.17. The van der Waals surface area contributed by atoms with Gasteiger partial charge in [-0.1, -0.05) is 11.3 Å². The minimum Gasteiger partial charge on any atom is -0.394 e. The lowest BCUT2D eigenvalue weighted by atomic mass is 9.99. The first-order valence-electron chi connectivity index (χ1n) is 5.58. The molecule has 0 radical (unpaired) electrons. The Morgan fingerprint density at radius 2 is 2.00 bits per heavy atom. The maximum absolute atomic E-state index is 12.4. The van der Waals surface area contributed by atoms with Crippen molar-refractivity contribution in [3.05, 3.63) is 5.01 Å². The molecule has 1 aromatic heterocycles. The molecular weight excluding hydrogens is 303 g/mol. The molecule has 1 fully saturated rings. The number of ether oxygens (including phenoxy) is 1. The molecule has 11 heteroatoms. The van der Waals surface area contributed by atoms with Crippen LogP contribution in [0.1, 0.15) is 5.01 Å². The number of nitrogens with one attached hydrogen (secondary N) is 1. The van der Waals surface area contributed by atoms with Crippen molar-refractivity contribution in [1.82, 2.24) is 10.2 Å². The summed E-state index contributed by atoms with van der Waals surface area (Å²) in [4.78, 5) is 0. The van der Waals surface area contributed by atoms with E-state index in [0.717, 1.165) is 0 Å². The standard InChI is InChI=1S/C9H12F3N3O4S/c10-9(11,12)7-14-15-8(20-7)13-3-2-19-4(1-16)6(18)5(3)17/h3-6,16-18H,1-2H2,(H,13,15)/t3-,4+,5+,6-/m0/s1. The van der Waals surface area contributed by atoms with Crippen LogP contribution in [0.25, 0.3) is 0 Å². The van der Waals surface area contributed by atoms with Gasteiger partial charge in [0.05, 0.1) is 19.3 Å². The average molecular weight is 315 g/mol. The van der Waals surface area contributed by atoms with Crippen molar-refractivity contribution in [3.63, 3.8) is 0 Å². The molecule has 0 aromatic carbocycles. The Balaban J connectivity index is 2.02. The van der Waals surface area contributed by atoms with E-state index in [4.69, 9.17) is 9.84 Å². The van der Waals surface area contributed by atoms with E-state index in [1.165, 1.54) is 0 Å². The van der Waals surface area contributed by atoms with Gasteiger partial charge in [0, 0.05) is 0 Å². The number of aliphatic hydroxyl groups is 3. The summed E-state index contributed by atoms with van der Waals surface area (Å²) in [5.74, 6) is 0. The number of aliphatic hydroxyl groups excluding tert-OH is 3. The van der Waals surface area contributed by atoms with Gasteiger partial charge >= 0.3 is 6.18 Å². The Kier molecular flexibility index (Phi) is 4.44. The highest BCUT2D eigenvalue weighted by atomic mass is 32.1. The molecule has 0 saturated carbocycles. The van der Waals surface area contributed by atoms with Gasteiger partial charge < -0.3 is 25.4 Å². The monoisotopic (exact) mass is 315 g/mol. The maximum Gasteiger partial charge on any atom is 0.445 e. The van der Waals surface area contributed by atoms with Crippen molar-refractivity contribution in [2.75, 3.05) is 18.5 Å². The summed E-state index contributed by atoms with van der Waals surface area (Å²) in [5, 5.41) is 35.9. The second kappa shape index (κ2) is 5.77. The summed E-state index contributed by atoms with van der Waals surface area (Å²) in [5.41, 5.74) is 0. The summed E-state index contributed by atoms with van der Waals surface area (Å²) < 4.78 is 42.1. The fourth-order valence-corrected chi connectivity index (χ4v) is 2.40. The summed E-state index contributed by atoms with van der Waals surface area (Å²) in [6, 6.07) is -0.846. The molecule has 1 aromatic rings. The van der Waals surface area contributed by atoms with E-state index in [1.807, 2.05) is 0 Å². The Morgan fingerprint density at radius 3 is 2.55 bits per heavy atom. The van der Waals surface area contributed by atoms with E-state index in [2.05, 4.69) is 15.5 Å². The predicted octanol–water partition coefficient (Wildman–Crippen LogP) is -0.550. The zero-order valence-corrected chi connectivity index (χ0v) is 10.7. The minimum absolute atomic E-state index is 0.0929. The lowest BCUT2D eigenvalue weighted by Gasteiger charge is -2.36. The third-order valence-corrected chi connectivity index (χ3v) is 3.69. The SMILES string of the molecule is OC[C@H]1OC[C@H](Nc2nnc(C(F)(F)F)s2)[C@@H](O)[C@H]1O. The molecule has 2 heterocycles. The van der Waals surface area contributed by atoms with Crippen LogP contribution in [-0.4, -0.2) is 63.1 Å². The molecule has 0 amide bonds. The maximum atomic E-state index is 12.4. The van der Waals surface area contributed by atoms with Crippen molar-refractivity contribution in [1.29, 1.82) is 0 Å². The lowest BCUT2D eigenvalue weighted by Crippen LogP contribution is -2.56. The molecule has 0 unspecified atom stereocenters. The molecule has 0 aliphatic carbocycles. The van der Waals surface area contributed by atoms with Crippen LogP contribution >= 0.6 is 11.3 Å². The highest BCUT2D eigenvalue weighted by Crippen LogP contribution is 2.33. The first kappa shape index (κ1) is 15.4. The molecule has 1 aliphatic heterocycles. The van der Waals surface area contributed by atoms with E-state index in [9.17, 15) is 23.4 Å². The number of hydrogen-bond donors (Lipinski definition) is 4. The van der Waals surface area contributed by atoms with E-state index in [1.54, 1.807) is 0 Å². The van der Waals surface area contributed by atoms with Gasteiger partial charge in [0.1, 0.15) is 18.3 Å². The van der Waals surface area contributed by atoms with Crippen molar-refractivity contribution in [2.45, 2.75) is 30.5 Å². The fraction of sp³-hybridized carbons (Fsp3) is 0.778. The van der Waals surface area contributed by atoms with Gasteiger partial charge in [0.2, 0.25) is 10.1 Å². The molecule has 0 spiro atoms. The molecule has 2 rings (SSSR count). The molecule has 1 aliphatic rings. The quantitative estimate of drug-likeness (QED) is 0.593. The fourth-order valence-electron chi connectivity index (χ4n) is 1.72. The highest BCUT2D eigenvalue weighted by molar-refractivity contribution is 7.15. The van der Waals surface area contributed by atoms with Gasteiger partial charge in [0.15, 0.2) is 0 Å². The van der Waals surface area contributed by atoms with Gasteiger partial charge in [-0.15, -0.1) is 10.2 Å². The zero-order valence-electron chi connectivity index (χ0n) is 9.91. The van der Waals surface area contributed by atoms with Crippen LogP contribution in [0.3, 0.4) is 0 Å². The van der Waals surface area contributed by atoms with Crippen molar-refractivity contribution < 1.29 is 33.2 Å². The first-order chi connectivity index (χ1) is 9.32. The lowest BCUT2D eigenvalue weighted by molar-refractivity contribution is -0.152. The number of rotatable bonds is 3. The van der Waals surface area contributed by atoms with Crippen LogP contribution in [0, 0.1) is 0 Å². The number of nitrogens with zero attached hydrogens (tertiary/aromatic N) is 2. The van der Waals surface area contributed by atoms with Crippen LogP contribution < -0.4 is 5.32 Å². The summed E-state index contributed by atoms with van der Waals surface area (Å²) in [6.07, 6.45) is -8.16. The molecule has 114 valence electrons. The number of aromatic nitrogens is 2. The number of alkyl halides is 3.